The van der Waals surface area contributed by atoms with Gasteiger partial charge in [-0.25, -0.2) is 4.79 Å². The number of carbonyl (C=O) groups is 1. The minimum atomic E-state index is -0.149. The summed E-state index contributed by atoms with van der Waals surface area (Å²) in [5, 5.41) is 5.73. The Morgan fingerprint density at radius 2 is 1.32 bits per heavy atom. The number of carbonyl (C=O) groups excluding carboxylic acids is 1. The molecule has 0 atom stereocenters. The number of rotatable bonds is 4. The fourth-order valence-electron chi connectivity index (χ4n) is 2.15. The normalized spacial score (nSPS) is 11.0. The molecule has 0 heterocycles. The first-order chi connectivity index (χ1) is 10.4. The van der Waals surface area contributed by atoms with E-state index < -0.39 is 0 Å². The Morgan fingerprint density at radius 3 is 1.82 bits per heavy atom. The first-order valence-electron chi connectivity index (χ1n) is 7.60. The summed E-state index contributed by atoms with van der Waals surface area (Å²) >= 11 is 0. The maximum atomic E-state index is 11.8. The molecule has 0 saturated carbocycles. The molecular formula is C19H24N2O. The highest BCUT2D eigenvalue weighted by Crippen LogP contribution is 2.22. The zero-order valence-corrected chi connectivity index (χ0v) is 13.5. The van der Waals surface area contributed by atoms with Gasteiger partial charge in [0.2, 0.25) is 0 Å². The zero-order valence-electron chi connectivity index (χ0n) is 13.5. The third-order valence-electron chi connectivity index (χ3n) is 3.57. The van der Waals surface area contributed by atoms with Gasteiger partial charge in [-0.05, 0) is 22.1 Å². The maximum absolute atomic E-state index is 11.8. The lowest BCUT2D eigenvalue weighted by atomic mass is 9.87. The lowest BCUT2D eigenvalue weighted by Gasteiger charge is -2.19. The van der Waals surface area contributed by atoms with E-state index in [1.165, 1.54) is 5.56 Å². The van der Waals surface area contributed by atoms with Crippen LogP contribution in [0.15, 0.2) is 54.6 Å². The molecule has 2 aromatic rings. The van der Waals surface area contributed by atoms with Crippen molar-refractivity contribution in [2.45, 2.75) is 39.3 Å². The van der Waals surface area contributed by atoms with Crippen molar-refractivity contribution in [3.8, 4) is 0 Å². The topological polar surface area (TPSA) is 41.1 Å². The van der Waals surface area contributed by atoms with Crippen LogP contribution < -0.4 is 10.6 Å². The van der Waals surface area contributed by atoms with Gasteiger partial charge in [0.1, 0.15) is 0 Å². The van der Waals surface area contributed by atoms with E-state index in [1.54, 1.807) is 0 Å². The lowest BCUT2D eigenvalue weighted by Crippen LogP contribution is -2.34. The van der Waals surface area contributed by atoms with Gasteiger partial charge in [-0.1, -0.05) is 75.4 Å². The fraction of sp³-hybridized carbons (Fsp3) is 0.316. The van der Waals surface area contributed by atoms with Crippen LogP contribution in [0.25, 0.3) is 0 Å². The van der Waals surface area contributed by atoms with Crippen LogP contribution in [-0.4, -0.2) is 6.03 Å². The van der Waals surface area contributed by atoms with Crippen molar-refractivity contribution >= 4 is 6.03 Å². The molecule has 0 saturated heterocycles. The summed E-state index contributed by atoms with van der Waals surface area (Å²) in [6, 6.07) is 18.1. The van der Waals surface area contributed by atoms with E-state index in [-0.39, 0.29) is 11.4 Å². The van der Waals surface area contributed by atoms with Crippen LogP contribution in [0, 0.1) is 0 Å². The molecule has 0 radical (unpaired) electrons. The van der Waals surface area contributed by atoms with Crippen LogP contribution in [0.3, 0.4) is 0 Å². The maximum Gasteiger partial charge on any atom is 0.315 e. The fourth-order valence-corrected chi connectivity index (χ4v) is 2.15. The van der Waals surface area contributed by atoms with E-state index in [2.05, 4.69) is 55.7 Å². The Morgan fingerprint density at radius 1 is 0.818 bits per heavy atom. The molecule has 2 rings (SSSR count). The molecule has 3 nitrogen and oxygen atoms in total. The standard InChI is InChI=1S/C19H24N2O/c1-19(2,3)17-11-9-16(10-12-17)14-21-18(22)20-13-15-7-5-4-6-8-15/h4-12H,13-14H2,1-3H3,(H2,20,21,22). The monoisotopic (exact) mass is 296 g/mol. The molecule has 116 valence electrons. The minimum Gasteiger partial charge on any atom is -0.334 e. The molecule has 0 fully saturated rings. The first kappa shape index (κ1) is 16.1. The Bertz CT molecular complexity index is 598. The summed E-state index contributed by atoms with van der Waals surface area (Å²) in [6.45, 7) is 7.65. The summed E-state index contributed by atoms with van der Waals surface area (Å²) in [5.41, 5.74) is 3.64. The highest BCUT2D eigenvalue weighted by molar-refractivity contribution is 5.73. The summed E-state index contributed by atoms with van der Waals surface area (Å²) in [7, 11) is 0. The van der Waals surface area contributed by atoms with Gasteiger partial charge in [-0.3, -0.25) is 0 Å². The predicted octanol–water partition coefficient (Wildman–Crippen LogP) is 3.98. The predicted molar refractivity (Wildman–Crippen MR) is 90.7 cm³/mol. The number of urea groups is 1. The average Bonchev–Trinajstić information content (AvgIpc) is 2.51. The SMILES string of the molecule is CC(C)(C)c1ccc(CNC(=O)NCc2ccccc2)cc1. The van der Waals surface area contributed by atoms with Gasteiger partial charge in [0, 0.05) is 13.1 Å². The number of amides is 2. The summed E-state index contributed by atoms with van der Waals surface area (Å²) < 4.78 is 0. The Hall–Kier alpha value is -2.29. The molecule has 0 spiro atoms. The molecule has 2 aromatic carbocycles. The van der Waals surface area contributed by atoms with E-state index in [0.717, 1.165) is 11.1 Å². The second-order valence-corrected chi connectivity index (χ2v) is 6.47. The molecule has 0 aliphatic heterocycles. The summed E-state index contributed by atoms with van der Waals surface area (Å²) in [5.74, 6) is 0. The van der Waals surface area contributed by atoms with Gasteiger partial charge in [0.25, 0.3) is 0 Å². The van der Waals surface area contributed by atoms with E-state index in [4.69, 9.17) is 0 Å². The van der Waals surface area contributed by atoms with Gasteiger partial charge >= 0.3 is 6.03 Å². The third-order valence-corrected chi connectivity index (χ3v) is 3.57. The minimum absolute atomic E-state index is 0.149. The van der Waals surface area contributed by atoms with Crippen LogP contribution in [-0.2, 0) is 18.5 Å². The van der Waals surface area contributed by atoms with Gasteiger partial charge in [-0.2, -0.15) is 0 Å². The summed E-state index contributed by atoms with van der Waals surface area (Å²) in [6.07, 6.45) is 0. The van der Waals surface area contributed by atoms with Crippen LogP contribution >= 0.6 is 0 Å². The van der Waals surface area contributed by atoms with Crippen molar-refractivity contribution in [3.05, 3.63) is 71.3 Å². The summed E-state index contributed by atoms with van der Waals surface area (Å²) in [4.78, 5) is 11.8. The van der Waals surface area contributed by atoms with E-state index in [1.807, 2.05) is 30.3 Å². The van der Waals surface area contributed by atoms with Crippen LogP contribution in [0.1, 0.15) is 37.5 Å². The van der Waals surface area contributed by atoms with Crippen molar-refractivity contribution in [3.63, 3.8) is 0 Å². The van der Waals surface area contributed by atoms with E-state index in [0.29, 0.717) is 13.1 Å². The lowest BCUT2D eigenvalue weighted by molar-refractivity contribution is 0.240. The van der Waals surface area contributed by atoms with Gasteiger partial charge in [0.05, 0.1) is 0 Å². The molecular weight excluding hydrogens is 272 g/mol. The van der Waals surface area contributed by atoms with Gasteiger partial charge in [0.15, 0.2) is 0 Å². The zero-order chi connectivity index (χ0) is 16.0. The van der Waals surface area contributed by atoms with Crippen molar-refractivity contribution < 1.29 is 4.79 Å². The van der Waals surface area contributed by atoms with Crippen molar-refractivity contribution in [1.29, 1.82) is 0 Å². The van der Waals surface area contributed by atoms with E-state index >= 15 is 0 Å². The molecule has 2 N–H and O–H groups in total. The number of hydrogen-bond donors (Lipinski definition) is 2. The van der Waals surface area contributed by atoms with Crippen molar-refractivity contribution in [2.24, 2.45) is 0 Å². The second-order valence-electron chi connectivity index (χ2n) is 6.47. The van der Waals surface area contributed by atoms with Crippen LogP contribution in [0.5, 0.6) is 0 Å². The highest BCUT2D eigenvalue weighted by atomic mass is 16.2. The molecule has 0 bridgehead atoms. The third kappa shape index (κ3) is 4.92. The number of benzene rings is 2. The average molecular weight is 296 g/mol. The van der Waals surface area contributed by atoms with Gasteiger partial charge < -0.3 is 10.6 Å². The van der Waals surface area contributed by atoms with E-state index in [9.17, 15) is 4.79 Å². The molecule has 3 heteroatoms. The molecule has 0 aromatic heterocycles. The molecule has 2 amide bonds. The smallest absolute Gasteiger partial charge is 0.315 e. The number of hydrogen-bond acceptors (Lipinski definition) is 1. The molecule has 0 aliphatic rings. The van der Waals surface area contributed by atoms with Crippen LogP contribution in [0.4, 0.5) is 4.79 Å². The Kier molecular flexibility index (Phi) is 5.21. The quantitative estimate of drug-likeness (QED) is 0.880. The largest absolute Gasteiger partial charge is 0.334 e. The molecule has 0 aliphatic carbocycles. The second kappa shape index (κ2) is 7.12. The van der Waals surface area contributed by atoms with Crippen LogP contribution in [0.2, 0.25) is 0 Å². The first-order valence-corrected chi connectivity index (χ1v) is 7.60. The molecule has 0 unspecified atom stereocenters. The Balaban J connectivity index is 1.79. The highest BCUT2D eigenvalue weighted by Gasteiger charge is 2.12. The van der Waals surface area contributed by atoms with Gasteiger partial charge in [-0.15, -0.1) is 0 Å². The molecule has 22 heavy (non-hydrogen) atoms. The Labute approximate surface area is 132 Å². The van der Waals surface area contributed by atoms with Crippen molar-refractivity contribution in [2.75, 3.05) is 0 Å². The number of nitrogens with one attached hydrogen (secondary N) is 2. The van der Waals surface area contributed by atoms with Crippen molar-refractivity contribution in [1.82, 2.24) is 10.6 Å².